The van der Waals surface area contributed by atoms with E-state index in [1.54, 1.807) is 0 Å². The van der Waals surface area contributed by atoms with Crippen molar-refractivity contribution in [3.63, 3.8) is 0 Å². The molecule has 0 aromatic carbocycles. The maximum atomic E-state index is 8.67. The van der Waals surface area contributed by atoms with Gasteiger partial charge in [0.1, 0.15) is 0 Å². The van der Waals surface area contributed by atoms with Crippen LogP contribution in [0.15, 0.2) is 0 Å². The van der Waals surface area contributed by atoms with Gasteiger partial charge in [-0.3, -0.25) is 0 Å². The first-order valence-corrected chi connectivity index (χ1v) is 7.90. The molecule has 0 unspecified atom stereocenters. The highest BCUT2D eigenvalue weighted by Gasteiger charge is 2.22. The van der Waals surface area contributed by atoms with Gasteiger partial charge in [0.05, 0.1) is 6.07 Å². The van der Waals surface area contributed by atoms with E-state index in [-0.39, 0.29) is 5.41 Å². The van der Waals surface area contributed by atoms with Crippen LogP contribution in [-0.4, -0.2) is 37.1 Å². The van der Waals surface area contributed by atoms with E-state index in [4.69, 9.17) is 5.26 Å². The average molecular weight is 265 g/mol. The number of nitrogens with one attached hydrogen (secondary N) is 1. The fourth-order valence-electron chi connectivity index (χ4n) is 2.65. The molecule has 1 rings (SSSR count). The molecule has 0 aromatic heterocycles. The Labute approximate surface area is 119 Å². The summed E-state index contributed by atoms with van der Waals surface area (Å²) in [6.07, 6.45) is 6.84. The van der Waals surface area contributed by atoms with Crippen LogP contribution in [0.1, 0.15) is 59.3 Å². The Kier molecular flexibility index (Phi) is 7.41. The zero-order valence-electron chi connectivity index (χ0n) is 13.0. The third kappa shape index (κ3) is 6.94. The van der Waals surface area contributed by atoms with Gasteiger partial charge in [-0.05, 0) is 50.7 Å². The van der Waals surface area contributed by atoms with Gasteiger partial charge in [-0.15, -0.1) is 0 Å². The normalized spacial score (nSPS) is 18.4. The van der Waals surface area contributed by atoms with E-state index in [0.717, 1.165) is 13.0 Å². The van der Waals surface area contributed by atoms with Gasteiger partial charge in [-0.1, -0.05) is 27.2 Å². The summed E-state index contributed by atoms with van der Waals surface area (Å²) in [4.78, 5) is 2.60. The third-order valence-electron chi connectivity index (χ3n) is 4.20. The van der Waals surface area contributed by atoms with Crippen LogP contribution < -0.4 is 5.32 Å². The zero-order chi connectivity index (χ0) is 14.1. The summed E-state index contributed by atoms with van der Waals surface area (Å²) in [5.74, 6) is 0. The highest BCUT2D eigenvalue weighted by Crippen LogP contribution is 2.22. The molecule has 1 fully saturated rings. The number of likely N-dealkylation sites (tertiary alicyclic amines) is 1. The van der Waals surface area contributed by atoms with E-state index >= 15 is 0 Å². The van der Waals surface area contributed by atoms with E-state index in [1.165, 1.54) is 45.3 Å². The molecule has 3 nitrogen and oxygen atoms in total. The molecule has 0 bridgehead atoms. The van der Waals surface area contributed by atoms with Crippen molar-refractivity contribution in [2.45, 2.75) is 65.3 Å². The van der Waals surface area contributed by atoms with Crippen molar-refractivity contribution in [2.75, 3.05) is 26.2 Å². The molecule has 1 aliphatic rings. The van der Waals surface area contributed by atoms with Crippen molar-refractivity contribution < 1.29 is 0 Å². The second kappa shape index (κ2) is 8.55. The molecule has 0 amide bonds. The molecule has 1 N–H and O–H groups in total. The van der Waals surface area contributed by atoms with E-state index in [2.05, 4.69) is 37.1 Å². The van der Waals surface area contributed by atoms with Crippen molar-refractivity contribution in [3.05, 3.63) is 0 Å². The SMILES string of the molecule is CCCCN1CCC(NCC(C)(C)CCC#N)CC1. The lowest BCUT2D eigenvalue weighted by molar-refractivity contribution is 0.184. The Bertz CT molecular complexity index is 272. The largest absolute Gasteiger partial charge is 0.313 e. The Hall–Kier alpha value is -0.590. The van der Waals surface area contributed by atoms with Gasteiger partial charge in [-0.2, -0.15) is 5.26 Å². The molecule has 0 atom stereocenters. The Morgan fingerprint density at radius 2 is 2.00 bits per heavy atom. The van der Waals surface area contributed by atoms with Crippen molar-refractivity contribution in [1.82, 2.24) is 10.2 Å². The number of unbranched alkanes of at least 4 members (excludes halogenated alkanes) is 1. The van der Waals surface area contributed by atoms with Crippen molar-refractivity contribution in [3.8, 4) is 6.07 Å². The summed E-state index contributed by atoms with van der Waals surface area (Å²) < 4.78 is 0. The number of nitriles is 1. The minimum atomic E-state index is 0.245. The van der Waals surface area contributed by atoms with E-state index in [9.17, 15) is 0 Å². The summed E-state index contributed by atoms with van der Waals surface area (Å²) in [5.41, 5.74) is 0.245. The molecular formula is C16H31N3. The first kappa shape index (κ1) is 16.5. The molecular weight excluding hydrogens is 234 g/mol. The summed E-state index contributed by atoms with van der Waals surface area (Å²) in [5, 5.41) is 12.4. The highest BCUT2D eigenvalue weighted by atomic mass is 15.1. The van der Waals surface area contributed by atoms with Crippen molar-refractivity contribution in [2.24, 2.45) is 5.41 Å². The van der Waals surface area contributed by atoms with Crippen LogP contribution in [0.3, 0.4) is 0 Å². The van der Waals surface area contributed by atoms with Crippen molar-refractivity contribution in [1.29, 1.82) is 5.26 Å². The predicted molar refractivity (Wildman–Crippen MR) is 81.0 cm³/mol. The zero-order valence-corrected chi connectivity index (χ0v) is 13.0. The highest BCUT2D eigenvalue weighted by molar-refractivity contribution is 4.82. The number of rotatable bonds is 8. The summed E-state index contributed by atoms with van der Waals surface area (Å²) >= 11 is 0. The van der Waals surface area contributed by atoms with Gasteiger partial charge < -0.3 is 10.2 Å². The summed E-state index contributed by atoms with van der Waals surface area (Å²) in [6.45, 7) is 11.6. The van der Waals surface area contributed by atoms with E-state index in [1.807, 2.05) is 0 Å². The van der Waals surface area contributed by atoms with Crippen LogP contribution in [0.4, 0.5) is 0 Å². The minimum Gasteiger partial charge on any atom is -0.313 e. The molecule has 1 heterocycles. The molecule has 3 heteroatoms. The molecule has 110 valence electrons. The number of nitrogens with zero attached hydrogens (tertiary/aromatic N) is 2. The third-order valence-corrected chi connectivity index (χ3v) is 4.20. The lowest BCUT2D eigenvalue weighted by atomic mass is 9.87. The van der Waals surface area contributed by atoms with Crippen LogP contribution >= 0.6 is 0 Å². The molecule has 1 aliphatic heterocycles. The van der Waals surface area contributed by atoms with E-state index in [0.29, 0.717) is 12.5 Å². The molecule has 0 aromatic rings. The van der Waals surface area contributed by atoms with Gasteiger partial charge in [0.25, 0.3) is 0 Å². The fourth-order valence-corrected chi connectivity index (χ4v) is 2.65. The second-order valence-electron chi connectivity index (χ2n) is 6.67. The minimum absolute atomic E-state index is 0.245. The first-order chi connectivity index (χ1) is 9.07. The Balaban J connectivity index is 2.17. The first-order valence-electron chi connectivity index (χ1n) is 7.90. The Morgan fingerprint density at radius 3 is 2.58 bits per heavy atom. The summed E-state index contributed by atoms with van der Waals surface area (Å²) in [7, 11) is 0. The van der Waals surface area contributed by atoms with Crippen LogP contribution in [0.2, 0.25) is 0 Å². The number of hydrogen-bond donors (Lipinski definition) is 1. The standard InChI is InChI=1S/C16H31N3/c1-4-5-11-19-12-7-15(8-13-19)18-14-16(2,3)9-6-10-17/h15,18H,4-9,11-14H2,1-3H3. The van der Waals surface area contributed by atoms with Crippen LogP contribution in [0, 0.1) is 16.7 Å². The maximum Gasteiger partial charge on any atom is 0.0621 e. The lowest BCUT2D eigenvalue weighted by Crippen LogP contribution is -2.45. The average Bonchev–Trinajstić information content (AvgIpc) is 2.42. The van der Waals surface area contributed by atoms with Gasteiger partial charge in [-0.25, -0.2) is 0 Å². The van der Waals surface area contributed by atoms with Gasteiger partial charge >= 0.3 is 0 Å². The maximum absolute atomic E-state index is 8.67. The van der Waals surface area contributed by atoms with E-state index < -0.39 is 0 Å². The molecule has 0 saturated carbocycles. The molecule has 0 radical (unpaired) electrons. The van der Waals surface area contributed by atoms with Crippen LogP contribution in [-0.2, 0) is 0 Å². The van der Waals surface area contributed by atoms with Crippen LogP contribution in [0.25, 0.3) is 0 Å². The second-order valence-corrected chi connectivity index (χ2v) is 6.67. The lowest BCUT2D eigenvalue weighted by Gasteiger charge is -2.34. The molecule has 19 heavy (non-hydrogen) atoms. The van der Waals surface area contributed by atoms with Gasteiger partial charge in [0.2, 0.25) is 0 Å². The van der Waals surface area contributed by atoms with Crippen molar-refractivity contribution >= 4 is 0 Å². The number of piperidine rings is 1. The number of hydrogen-bond acceptors (Lipinski definition) is 3. The van der Waals surface area contributed by atoms with Gasteiger partial charge in [0.15, 0.2) is 0 Å². The monoisotopic (exact) mass is 265 g/mol. The summed E-state index contributed by atoms with van der Waals surface area (Å²) in [6, 6.07) is 2.93. The molecule has 0 spiro atoms. The van der Waals surface area contributed by atoms with Gasteiger partial charge in [0, 0.05) is 19.0 Å². The fraction of sp³-hybridized carbons (Fsp3) is 0.938. The quantitative estimate of drug-likeness (QED) is 0.732. The van der Waals surface area contributed by atoms with Crippen LogP contribution in [0.5, 0.6) is 0 Å². The Morgan fingerprint density at radius 1 is 1.32 bits per heavy atom. The smallest absolute Gasteiger partial charge is 0.0621 e. The molecule has 0 aliphatic carbocycles. The predicted octanol–water partition coefficient (Wildman–Crippen LogP) is 3.17. The molecule has 1 saturated heterocycles. The topological polar surface area (TPSA) is 39.1 Å².